The minimum absolute atomic E-state index is 0.0250. The lowest BCUT2D eigenvalue weighted by Gasteiger charge is -2.38. The van der Waals surface area contributed by atoms with Crippen molar-refractivity contribution in [2.45, 2.75) is 20.3 Å². The zero-order valence-electron chi connectivity index (χ0n) is 13.6. The SMILES string of the molecule is Cc1c(F)ccc(F)c1-c1[nH]ncc1C(=O)NCCC1(C)COC1. The fourth-order valence-electron chi connectivity index (χ4n) is 2.78. The molecule has 0 bridgehead atoms. The Morgan fingerprint density at radius 1 is 1.38 bits per heavy atom. The van der Waals surface area contributed by atoms with Crippen molar-refractivity contribution < 1.29 is 18.3 Å². The second-order valence-corrected chi connectivity index (χ2v) is 6.50. The van der Waals surface area contributed by atoms with E-state index in [9.17, 15) is 13.6 Å². The average Bonchev–Trinajstić information content (AvgIpc) is 2.99. The predicted molar refractivity (Wildman–Crippen MR) is 84.6 cm³/mol. The standard InChI is InChI=1S/C17H19F2N3O2/c1-10-12(18)3-4-13(19)14(10)15-11(7-21-22-15)16(23)20-6-5-17(2)8-24-9-17/h3-4,7H,5-6,8-9H2,1-2H3,(H,20,23)(H,21,22). The number of aromatic amines is 1. The Balaban J connectivity index is 1.78. The summed E-state index contributed by atoms with van der Waals surface area (Å²) in [5.41, 5.74) is 0.625. The molecule has 5 nitrogen and oxygen atoms in total. The number of hydrogen-bond acceptors (Lipinski definition) is 3. The molecule has 0 spiro atoms. The van der Waals surface area contributed by atoms with Crippen molar-refractivity contribution in [3.63, 3.8) is 0 Å². The maximum absolute atomic E-state index is 14.1. The molecular formula is C17H19F2N3O2. The van der Waals surface area contributed by atoms with Gasteiger partial charge < -0.3 is 10.1 Å². The molecule has 0 unspecified atom stereocenters. The van der Waals surface area contributed by atoms with Gasteiger partial charge in [-0.25, -0.2) is 8.78 Å². The predicted octanol–water partition coefficient (Wildman–Crippen LogP) is 2.82. The fraction of sp³-hybridized carbons (Fsp3) is 0.412. The maximum Gasteiger partial charge on any atom is 0.255 e. The van der Waals surface area contributed by atoms with Gasteiger partial charge in [-0.3, -0.25) is 9.89 Å². The highest BCUT2D eigenvalue weighted by Crippen LogP contribution is 2.31. The molecule has 2 heterocycles. The number of amides is 1. The van der Waals surface area contributed by atoms with Crippen LogP contribution < -0.4 is 5.32 Å². The molecule has 24 heavy (non-hydrogen) atoms. The van der Waals surface area contributed by atoms with E-state index in [4.69, 9.17) is 4.74 Å². The Hall–Kier alpha value is -2.28. The number of rotatable bonds is 5. The van der Waals surface area contributed by atoms with E-state index in [1.807, 2.05) is 0 Å². The van der Waals surface area contributed by atoms with E-state index in [2.05, 4.69) is 22.4 Å². The molecule has 128 valence electrons. The van der Waals surface area contributed by atoms with Crippen LogP contribution in [0.5, 0.6) is 0 Å². The van der Waals surface area contributed by atoms with Gasteiger partial charge in [0.2, 0.25) is 0 Å². The van der Waals surface area contributed by atoms with E-state index in [-0.39, 0.29) is 33.7 Å². The van der Waals surface area contributed by atoms with Crippen LogP contribution in [0.15, 0.2) is 18.3 Å². The van der Waals surface area contributed by atoms with E-state index in [1.54, 1.807) is 0 Å². The summed E-state index contributed by atoms with van der Waals surface area (Å²) in [5.74, 6) is -1.51. The van der Waals surface area contributed by atoms with Crippen molar-refractivity contribution in [3.05, 3.63) is 41.1 Å². The third-order valence-corrected chi connectivity index (χ3v) is 4.40. The first-order chi connectivity index (χ1) is 11.4. The molecule has 2 N–H and O–H groups in total. The first-order valence-electron chi connectivity index (χ1n) is 7.75. The summed E-state index contributed by atoms with van der Waals surface area (Å²) >= 11 is 0. The van der Waals surface area contributed by atoms with E-state index >= 15 is 0 Å². The first kappa shape index (κ1) is 16.6. The van der Waals surface area contributed by atoms with Crippen molar-refractivity contribution >= 4 is 5.91 Å². The first-order valence-corrected chi connectivity index (χ1v) is 7.75. The smallest absolute Gasteiger partial charge is 0.255 e. The average molecular weight is 335 g/mol. The number of ether oxygens (including phenoxy) is 1. The summed E-state index contributed by atoms with van der Waals surface area (Å²) in [6, 6.07) is 2.10. The van der Waals surface area contributed by atoms with Crippen LogP contribution in [0.1, 0.15) is 29.3 Å². The molecule has 0 saturated carbocycles. The molecule has 3 rings (SSSR count). The van der Waals surface area contributed by atoms with Gasteiger partial charge in [-0.1, -0.05) is 6.92 Å². The van der Waals surface area contributed by atoms with E-state index in [0.29, 0.717) is 19.8 Å². The molecule has 1 fully saturated rings. The maximum atomic E-state index is 14.1. The minimum Gasteiger partial charge on any atom is -0.380 e. The monoisotopic (exact) mass is 335 g/mol. The Labute approximate surface area is 138 Å². The Morgan fingerprint density at radius 2 is 2.08 bits per heavy atom. The van der Waals surface area contributed by atoms with Crippen LogP contribution in [0.3, 0.4) is 0 Å². The Bertz CT molecular complexity index is 769. The Morgan fingerprint density at radius 3 is 2.75 bits per heavy atom. The van der Waals surface area contributed by atoms with E-state index < -0.39 is 11.6 Å². The lowest BCUT2D eigenvalue weighted by Crippen LogP contribution is -2.42. The number of nitrogens with zero attached hydrogens (tertiary/aromatic N) is 1. The molecule has 0 atom stereocenters. The number of nitrogens with one attached hydrogen (secondary N) is 2. The second kappa shape index (κ2) is 6.32. The number of carbonyl (C=O) groups is 1. The van der Waals surface area contributed by atoms with Crippen LogP contribution in [0, 0.1) is 24.0 Å². The summed E-state index contributed by atoms with van der Waals surface area (Å²) in [6.45, 7) is 5.42. The normalized spacial score (nSPS) is 15.8. The third-order valence-electron chi connectivity index (χ3n) is 4.40. The molecular weight excluding hydrogens is 316 g/mol. The van der Waals surface area contributed by atoms with Crippen LogP contribution in [0.25, 0.3) is 11.3 Å². The van der Waals surface area contributed by atoms with Crippen LogP contribution >= 0.6 is 0 Å². The number of benzene rings is 1. The highest BCUT2D eigenvalue weighted by molar-refractivity contribution is 6.00. The lowest BCUT2D eigenvalue weighted by atomic mass is 9.85. The number of carbonyl (C=O) groups excluding carboxylic acids is 1. The molecule has 0 radical (unpaired) electrons. The molecule has 1 saturated heterocycles. The second-order valence-electron chi connectivity index (χ2n) is 6.50. The third kappa shape index (κ3) is 3.03. The topological polar surface area (TPSA) is 67.0 Å². The van der Waals surface area contributed by atoms with Gasteiger partial charge in [0.05, 0.1) is 30.7 Å². The van der Waals surface area contributed by atoms with Gasteiger partial charge in [-0.15, -0.1) is 0 Å². The molecule has 1 aliphatic heterocycles. The number of halogens is 2. The van der Waals surface area contributed by atoms with Crippen molar-refractivity contribution in [2.24, 2.45) is 5.41 Å². The van der Waals surface area contributed by atoms with Gasteiger partial charge in [-0.05, 0) is 31.0 Å². The minimum atomic E-state index is -0.605. The Kier molecular flexibility index (Phi) is 4.36. The summed E-state index contributed by atoms with van der Waals surface area (Å²) in [4.78, 5) is 12.4. The van der Waals surface area contributed by atoms with Gasteiger partial charge in [0, 0.05) is 17.5 Å². The number of hydrogen-bond donors (Lipinski definition) is 2. The zero-order chi connectivity index (χ0) is 17.3. The summed E-state index contributed by atoms with van der Waals surface area (Å²) in [7, 11) is 0. The van der Waals surface area contributed by atoms with Crippen molar-refractivity contribution in [3.8, 4) is 11.3 Å². The molecule has 1 aliphatic rings. The van der Waals surface area contributed by atoms with Gasteiger partial charge in [0.25, 0.3) is 5.91 Å². The number of aromatic nitrogens is 2. The van der Waals surface area contributed by atoms with Gasteiger partial charge in [-0.2, -0.15) is 5.10 Å². The zero-order valence-corrected chi connectivity index (χ0v) is 13.6. The molecule has 1 amide bonds. The molecule has 1 aromatic heterocycles. The largest absolute Gasteiger partial charge is 0.380 e. The van der Waals surface area contributed by atoms with Crippen LogP contribution in [-0.4, -0.2) is 35.9 Å². The summed E-state index contributed by atoms with van der Waals surface area (Å²) in [6.07, 6.45) is 2.11. The molecule has 7 heteroatoms. The van der Waals surface area contributed by atoms with Crippen LogP contribution in [0.2, 0.25) is 0 Å². The van der Waals surface area contributed by atoms with Crippen molar-refractivity contribution in [2.75, 3.05) is 19.8 Å². The number of H-pyrrole nitrogens is 1. The highest BCUT2D eigenvalue weighted by atomic mass is 19.1. The fourth-order valence-corrected chi connectivity index (χ4v) is 2.78. The van der Waals surface area contributed by atoms with Crippen LogP contribution in [0.4, 0.5) is 8.78 Å². The van der Waals surface area contributed by atoms with Gasteiger partial charge >= 0.3 is 0 Å². The quantitative estimate of drug-likeness (QED) is 0.883. The molecule has 0 aliphatic carbocycles. The van der Waals surface area contributed by atoms with Crippen molar-refractivity contribution in [1.29, 1.82) is 0 Å². The van der Waals surface area contributed by atoms with Gasteiger partial charge in [0.15, 0.2) is 0 Å². The summed E-state index contributed by atoms with van der Waals surface area (Å²) in [5, 5.41) is 9.23. The molecule has 1 aromatic carbocycles. The van der Waals surface area contributed by atoms with Crippen LogP contribution in [-0.2, 0) is 4.74 Å². The molecule has 2 aromatic rings. The highest BCUT2D eigenvalue weighted by Gasteiger charge is 2.32. The summed E-state index contributed by atoms with van der Waals surface area (Å²) < 4.78 is 33.1. The van der Waals surface area contributed by atoms with E-state index in [0.717, 1.165) is 18.6 Å². The van der Waals surface area contributed by atoms with E-state index in [1.165, 1.54) is 13.1 Å². The lowest BCUT2D eigenvalue weighted by molar-refractivity contribution is -0.104. The van der Waals surface area contributed by atoms with Crippen molar-refractivity contribution in [1.82, 2.24) is 15.5 Å². The van der Waals surface area contributed by atoms with Gasteiger partial charge in [0.1, 0.15) is 11.6 Å².